The minimum atomic E-state index is -0.852. The van der Waals surface area contributed by atoms with E-state index in [-0.39, 0.29) is 24.3 Å². The molecule has 26 heavy (non-hydrogen) atoms. The van der Waals surface area contributed by atoms with Gasteiger partial charge >= 0.3 is 6.03 Å². The van der Waals surface area contributed by atoms with Gasteiger partial charge in [0, 0.05) is 11.1 Å². The molecule has 8 heteroatoms. The molecule has 7 nitrogen and oxygen atoms in total. The Hall–Kier alpha value is -1.96. The molecule has 0 aromatic carbocycles. The van der Waals surface area contributed by atoms with Gasteiger partial charge in [0.05, 0.1) is 5.54 Å². The summed E-state index contributed by atoms with van der Waals surface area (Å²) >= 11 is 1.56. The molecule has 0 spiro atoms. The average molecular weight is 376 g/mol. The van der Waals surface area contributed by atoms with Gasteiger partial charge in [-0.25, -0.2) is 9.78 Å². The van der Waals surface area contributed by atoms with Crippen LogP contribution in [-0.4, -0.2) is 39.8 Å². The molecule has 1 saturated heterocycles. The highest BCUT2D eigenvalue weighted by atomic mass is 32.1. The third-order valence-electron chi connectivity index (χ3n) is 5.86. The van der Waals surface area contributed by atoms with Crippen LogP contribution in [-0.2, 0) is 15.1 Å². The second kappa shape index (κ2) is 6.04. The highest BCUT2D eigenvalue weighted by Crippen LogP contribution is 2.43. The lowest BCUT2D eigenvalue weighted by Crippen LogP contribution is -2.50. The van der Waals surface area contributed by atoms with Gasteiger partial charge in [0.25, 0.3) is 5.91 Å². The van der Waals surface area contributed by atoms with Crippen molar-refractivity contribution in [3.63, 3.8) is 0 Å². The maximum Gasteiger partial charge on any atom is 0.325 e. The SMILES string of the molecule is Cc1csc(C2(NC(=O)CN3C(=O)N[C@@](C)(C4CC4)C3=O)CCCC2)n1. The van der Waals surface area contributed by atoms with E-state index in [9.17, 15) is 14.4 Å². The monoisotopic (exact) mass is 376 g/mol. The number of nitrogens with zero attached hydrogens (tertiary/aromatic N) is 2. The van der Waals surface area contributed by atoms with Crippen molar-refractivity contribution in [3.05, 3.63) is 16.1 Å². The van der Waals surface area contributed by atoms with Crippen LogP contribution in [0.15, 0.2) is 5.38 Å². The number of amides is 4. The van der Waals surface area contributed by atoms with Crippen molar-refractivity contribution in [2.75, 3.05) is 6.54 Å². The molecule has 2 N–H and O–H groups in total. The zero-order valence-corrected chi connectivity index (χ0v) is 15.9. The molecular weight excluding hydrogens is 352 g/mol. The summed E-state index contributed by atoms with van der Waals surface area (Å²) in [6, 6.07) is -0.467. The zero-order chi connectivity index (χ0) is 18.5. The van der Waals surface area contributed by atoms with Crippen molar-refractivity contribution in [1.29, 1.82) is 0 Å². The lowest BCUT2D eigenvalue weighted by Gasteiger charge is -2.29. The van der Waals surface area contributed by atoms with E-state index in [1.54, 1.807) is 18.3 Å². The van der Waals surface area contributed by atoms with E-state index in [4.69, 9.17) is 0 Å². The first-order chi connectivity index (χ1) is 12.3. The molecule has 140 valence electrons. The van der Waals surface area contributed by atoms with Gasteiger partial charge in [-0.05, 0) is 45.4 Å². The quantitative estimate of drug-likeness (QED) is 0.770. The van der Waals surface area contributed by atoms with E-state index in [1.165, 1.54) is 0 Å². The van der Waals surface area contributed by atoms with Crippen LogP contribution in [0.1, 0.15) is 56.2 Å². The smallest absolute Gasteiger partial charge is 0.325 e. The van der Waals surface area contributed by atoms with Crippen molar-refractivity contribution in [3.8, 4) is 0 Å². The molecule has 2 heterocycles. The number of thiazole rings is 1. The average Bonchev–Trinajstić information content (AvgIpc) is 3.14. The van der Waals surface area contributed by atoms with E-state index in [2.05, 4.69) is 15.6 Å². The molecule has 2 aliphatic carbocycles. The van der Waals surface area contributed by atoms with Gasteiger partial charge < -0.3 is 10.6 Å². The molecule has 0 radical (unpaired) electrons. The van der Waals surface area contributed by atoms with Crippen LogP contribution >= 0.6 is 11.3 Å². The number of aryl methyl sites for hydroxylation is 1. The molecule has 4 rings (SSSR count). The number of imide groups is 1. The molecule has 1 aliphatic heterocycles. The summed E-state index contributed by atoms with van der Waals surface area (Å²) in [5.74, 6) is -0.402. The van der Waals surface area contributed by atoms with Crippen LogP contribution in [0.3, 0.4) is 0 Å². The Morgan fingerprint density at radius 2 is 2.08 bits per heavy atom. The second-order valence-electron chi connectivity index (χ2n) is 7.93. The van der Waals surface area contributed by atoms with Gasteiger partial charge in [-0.15, -0.1) is 11.3 Å². The standard InChI is InChI=1S/C18H24N4O3S/c1-11-10-26-14(19-11)18(7-3-4-8-18)20-13(23)9-22-15(24)17(2,12-5-6-12)21-16(22)25/h10,12H,3-9H2,1-2H3,(H,20,23)(H,21,25)/t17-/m0/s1. The topological polar surface area (TPSA) is 91.4 Å². The summed E-state index contributed by atoms with van der Waals surface area (Å²) in [5, 5.41) is 8.78. The molecule has 4 amide bonds. The van der Waals surface area contributed by atoms with Gasteiger partial charge in [0.2, 0.25) is 5.91 Å². The molecule has 3 fully saturated rings. The molecular formula is C18H24N4O3S. The fraction of sp³-hybridized carbons (Fsp3) is 0.667. The number of rotatable bonds is 5. The van der Waals surface area contributed by atoms with Crippen molar-refractivity contribution in [1.82, 2.24) is 20.5 Å². The first kappa shape index (κ1) is 17.5. The molecule has 1 atom stereocenters. The fourth-order valence-electron chi connectivity index (χ4n) is 4.19. The van der Waals surface area contributed by atoms with Crippen LogP contribution in [0.4, 0.5) is 4.79 Å². The number of hydrogen-bond donors (Lipinski definition) is 2. The number of carbonyl (C=O) groups excluding carboxylic acids is 3. The molecule has 1 aromatic heterocycles. The zero-order valence-electron chi connectivity index (χ0n) is 15.1. The fourth-order valence-corrected chi connectivity index (χ4v) is 5.20. The second-order valence-corrected chi connectivity index (χ2v) is 8.79. The normalized spacial score (nSPS) is 27.7. The summed E-state index contributed by atoms with van der Waals surface area (Å²) in [6.07, 6.45) is 5.62. The largest absolute Gasteiger partial charge is 0.343 e. The lowest BCUT2D eigenvalue weighted by molar-refractivity contribution is -0.135. The van der Waals surface area contributed by atoms with Gasteiger partial charge in [-0.2, -0.15) is 0 Å². The van der Waals surface area contributed by atoms with Crippen LogP contribution in [0.5, 0.6) is 0 Å². The summed E-state index contributed by atoms with van der Waals surface area (Å²) in [6.45, 7) is 3.47. The van der Waals surface area contributed by atoms with Crippen LogP contribution in [0.25, 0.3) is 0 Å². The highest BCUT2D eigenvalue weighted by Gasteiger charge is 2.56. The lowest BCUT2D eigenvalue weighted by atomic mass is 9.96. The Bertz CT molecular complexity index is 766. The third kappa shape index (κ3) is 2.80. The number of carbonyl (C=O) groups is 3. The van der Waals surface area contributed by atoms with Crippen molar-refractivity contribution < 1.29 is 14.4 Å². The number of nitrogens with one attached hydrogen (secondary N) is 2. The predicted molar refractivity (Wildman–Crippen MR) is 96.5 cm³/mol. The highest BCUT2D eigenvalue weighted by molar-refractivity contribution is 7.09. The number of urea groups is 1. The Labute approximate surface area is 156 Å². The van der Waals surface area contributed by atoms with Gasteiger partial charge in [-0.1, -0.05) is 12.8 Å². The number of hydrogen-bond acceptors (Lipinski definition) is 5. The Morgan fingerprint density at radius 1 is 1.38 bits per heavy atom. The maximum absolute atomic E-state index is 12.7. The molecule has 0 unspecified atom stereocenters. The van der Waals surface area contributed by atoms with E-state index in [1.807, 2.05) is 12.3 Å². The summed E-state index contributed by atoms with van der Waals surface area (Å²) in [5.41, 5.74) is -0.371. The van der Waals surface area contributed by atoms with E-state index >= 15 is 0 Å². The maximum atomic E-state index is 12.7. The summed E-state index contributed by atoms with van der Waals surface area (Å²) < 4.78 is 0. The Kier molecular flexibility index (Phi) is 4.06. The van der Waals surface area contributed by atoms with Crippen LogP contribution < -0.4 is 10.6 Å². The number of aromatic nitrogens is 1. The molecule has 3 aliphatic rings. The van der Waals surface area contributed by atoms with Crippen molar-refractivity contribution in [2.45, 2.75) is 63.5 Å². The van der Waals surface area contributed by atoms with Gasteiger partial charge in [-0.3, -0.25) is 14.5 Å². The minimum absolute atomic E-state index is 0.187. The molecule has 1 aromatic rings. The third-order valence-corrected chi connectivity index (χ3v) is 7.03. The van der Waals surface area contributed by atoms with Gasteiger partial charge in [0.15, 0.2) is 0 Å². The molecule has 2 saturated carbocycles. The predicted octanol–water partition coefficient (Wildman–Crippen LogP) is 2.06. The van der Waals surface area contributed by atoms with Gasteiger partial charge in [0.1, 0.15) is 17.1 Å². The van der Waals surface area contributed by atoms with Crippen LogP contribution in [0.2, 0.25) is 0 Å². The van der Waals surface area contributed by atoms with Crippen molar-refractivity contribution in [2.24, 2.45) is 5.92 Å². The first-order valence-corrected chi connectivity index (χ1v) is 10.1. The minimum Gasteiger partial charge on any atom is -0.343 e. The Morgan fingerprint density at radius 3 is 2.65 bits per heavy atom. The first-order valence-electron chi connectivity index (χ1n) is 9.22. The Balaban J connectivity index is 1.48. The molecule has 0 bridgehead atoms. The van der Waals surface area contributed by atoms with Crippen LogP contribution in [0, 0.1) is 12.8 Å². The van der Waals surface area contributed by atoms with E-state index in [0.29, 0.717) is 0 Å². The summed E-state index contributed by atoms with van der Waals surface area (Å²) in [4.78, 5) is 43.3. The summed E-state index contributed by atoms with van der Waals surface area (Å²) in [7, 11) is 0. The van der Waals surface area contributed by atoms with E-state index < -0.39 is 17.1 Å². The van der Waals surface area contributed by atoms with Crippen molar-refractivity contribution >= 4 is 29.2 Å². The van der Waals surface area contributed by atoms with E-state index in [0.717, 1.165) is 54.1 Å².